The van der Waals surface area contributed by atoms with Crippen molar-refractivity contribution in [3.8, 4) is 0 Å². The van der Waals surface area contributed by atoms with Gasteiger partial charge in [-0.3, -0.25) is 9.59 Å². The molecule has 1 aliphatic heterocycles. The van der Waals surface area contributed by atoms with Gasteiger partial charge in [0.2, 0.25) is 5.95 Å². The van der Waals surface area contributed by atoms with Crippen LogP contribution in [0.3, 0.4) is 0 Å². The van der Waals surface area contributed by atoms with Gasteiger partial charge in [0.15, 0.2) is 0 Å². The molecule has 0 atom stereocenters. The highest BCUT2D eigenvalue weighted by atomic mass is 16.2. The molecule has 0 unspecified atom stereocenters. The van der Waals surface area contributed by atoms with E-state index >= 15 is 0 Å². The first-order valence-corrected chi connectivity index (χ1v) is 6.60. The van der Waals surface area contributed by atoms with Crippen molar-refractivity contribution in [2.75, 3.05) is 31.1 Å². The maximum Gasteiger partial charge on any atom is 0.274 e. The van der Waals surface area contributed by atoms with Gasteiger partial charge in [-0.25, -0.2) is 15.0 Å². The number of hydrogen-bond donors (Lipinski definition) is 1. The molecule has 2 aromatic rings. The van der Waals surface area contributed by atoms with Gasteiger partial charge in [0.25, 0.3) is 11.5 Å². The second-order valence-electron chi connectivity index (χ2n) is 4.62. The van der Waals surface area contributed by atoms with Gasteiger partial charge < -0.3 is 14.8 Å². The number of anilines is 1. The predicted octanol–water partition coefficient (Wildman–Crippen LogP) is -0.478. The highest BCUT2D eigenvalue weighted by molar-refractivity contribution is 5.92. The molecule has 1 amide bonds. The molecule has 3 heterocycles. The van der Waals surface area contributed by atoms with Crippen LogP contribution in [0, 0.1) is 0 Å². The zero-order valence-corrected chi connectivity index (χ0v) is 11.3. The van der Waals surface area contributed by atoms with Crippen LogP contribution in [0.2, 0.25) is 0 Å². The molecule has 0 aliphatic carbocycles. The predicted molar refractivity (Wildman–Crippen MR) is 75.0 cm³/mol. The summed E-state index contributed by atoms with van der Waals surface area (Å²) in [5, 5.41) is 0. The Bertz CT molecular complexity index is 658. The summed E-state index contributed by atoms with van der Waals surface area (Å²) < 4.78 is 0. The van der Waals surface area contributed by atoms with E-state index in [1.807, 2.05) is 4.90 Å². The molecule has 1 saturated heterocycles. The fourth-order valence-electron chi connectivity index (χ4n) is 2.19. The standard InChI is InChI=1S/C13H14N6O2/c20-11-9-16-10(8-17-11)12(21)18-4-6-19(7-5-18)13-14-2-1-3-15-13/h1-3,8-9H,4-7H2,(H,17,20). The van der Waals surface area contributed by atoms with Crippen molar-refractivity contribution >= 4 is 11.9 Å². The minimum Gasteiger partial charge on any atom is -0.337 e. The Labute approximate surface area is 120 Å². The summed E-state index contributed by atoms with van der Waals surface area (Å²) in [6.45, 7) is 2.47. The molecule has 3 rings (SSSR count). The SMILES string of the molecule is O=C(c1c[nH]c(=O)cn1)N1CCN(c2ncccn2)CC1. The Morgan fingerprint density at radius 1 is 1.10 bits per heavy atom. The molecular formula is C13H14N6O2. The lowest BCUT2D eigenvalue weighted by atomic mass is 10.3. The first-order valence-electron chi connectivity index (χ1n) is 6.60. The minimum absolute atomic E-state index is 0.181. The Kier molecular flexibility index (Phi) is 3.59. The number of piperazine rings is 1. The molecule has 1 N–H and O–H groups in total. The van der Waals surface area contributed by atoms with E-state index in [0.717, 1.165) is 6.20 Å². The topological polar surface area (TPSA) is 95.1 Å². The van der Waals surface area contributed by atoms with Crippen molar-refractivity contribution in [1.29, 1.82) is 0 Å². The van der Waals surface area contributed by atoms with Gasteiger partial charge in [0.05, 0.1) is 6.20 Å². The van der Waals surface area contributed by atoms with Crippen LogP contribution in [0.15, 0.2) is 35.6 Å². The molecule has 0 bridgehead atoms. The second kappa shape index (κ2) is 5.70. The fraction of sp³-hybridized carbons (Fsp3) is 0.308. The Hall–Kier alpha value is -2.77. The van der Waals surface area contributed by atoms with Crippen LogP contribution in [0.25, 0.3) is 0 Å². The maximum atomic E-state index is 12.2. The highest BCUT2D eigenvalue weighted by Gasteiger charge is 2.24. The number of H-pyrrole nitrogens is 1. The first-order chi connectivity index (χ1) is 10.2. The Morgan fingerprint density at radius 3 is 2.43 bits per heavy atom. The van der Waals surface area contributed by atoms with Gasteiger partial charge in [-0.15, -0.1) is 0 Å². The molecule has 108 valence electrons. The number of carbonyl (C=O) groups excluding carboxylic acids is 1. The number of amides is 1. The van der Waals surface area contributed by atoms with Crippen LogP contribution in [0.1, 0.15) is 10.5 Å². The third-order valence-corrected chi connectivity index (χ3v) is 3.29. The lowest BCUT2D eigenvalue weighted by Crippen LogP contribution is -2.49. The molecule has 0 aromatic carbocycles. The molecule has 0 spiro atoms. The van der Waals surface area contributed by atoms with Crippen molar-refractivity contribution in [3.05, 3.63) is 46.9 Å². The Morgan fingerprint density at radius 2 is 1.81 bits per heavy atom. The molecule has 8 nitrogen and oxygen atoms in total. The van der Waals surface area contributed by atoms with Gasteiger partial charge in [-0.1, -0.05) is 0 Å². The third-order valence-electron chi connectivity index (χ3n) is 3.29. The van der Waals surface area contributed by atoms with E-state index in [4.69, 9.17) is 0 Å². The smallest absolute Gasteiger partial charge is 0.274 e. The van der Waals surface area contributed by atoms with Gasteiger partial charge >= 0.3 is 0 Å². The summed E-state index contributed by atoms with van der Waals surface area (Å²) in [5.41, 5.74) is -0.0726. The lowest BCUT2D eigenvalue weighted by Gasteiger charge is -2.34. The van der Waals surface area contributed by atoms with Crippen LogP contribution in [-0.2, 0) is 0 Å². The van der Waals surface area contributed by atoms with Gasteiger partial charge in [0, 0.05) is 44.8 Å². The first kappa shape index (κ1) is 13.2. The van der Waals surface area contributed by atoms with Gasteiger partial charge in [-0.2, -0.15) is 0 Å². The molecular weight excluding hydrogens is 272 g/mol. The summed E-state index contributed by atoms with van der Waals surface area (Å²) in [5.74, 6) is 0.492. The number of aromatic amines is 1. The highest BCUT2D eigenvalue weighted by Crippen LogP contribution is 2.11. The number of hydrogen-bond acceptors (Lipinski definition) is 6. The summed E-state index contributed by atoms with van der Waals surface area (Å²) in [6.07, 6.45) is 5.85. The monoisotopic (exact) mass is 286 g/mol. The van der Waals surface area contributed by atoms with Crippen molar-refractivity contribution in [3.63, 3.8) is 0 Å². The van der Waals surface area contributed by atoms with E-state index in [2.05, 4.69) is 19.9 Å². The van der Waals surface area contributed by atoms with E-state index in [0.29, 0.717) is 32.1 Å². The van der Waals surface area contributed by atoms with E-state index in [1.165, 1.54) is 6.20 Å². The molecule has 8 heteroatoms. The minimum atomic E-state index is -0.322. The summed E-state index contributed by atoms with van der Waals surface area (Å²) in [6, 6.07) is 1.77. The number of nitrogens with zero attached hydrogens (tertiary/aromatic N) is 5. The van der Waals surface area contributed by atoms with Crippen molar-refractivity contribution in [1.82, 2.24) is 24.8 Å². The molecule has 0 radical (unpaired) electrons. The number of aromatic nitrogens is 4. The van der Waals surface area contributed by atoms with Gasteiger partial charge in [-0.05, 0) is 6.07 Å². The third kappa shape index (κ3) is 2.88. The molecule has 1 fully saturated rings. The number of rotatable bonds is 2. The summed E-state index contributed by atoms with van der Waals surface area (Å²) in [4.78, 5) is 41.7. The van der Waals surface area contributed by atoms with Crippen LogP contribution < -0.4 is 10.5 Å². The van der Waals surface area contributed by atoms with E-state index in [1.54, 1.807) is 23.4 Å². The number of carbonyl (C=O) groups is 1. The van der Waals surface area contributed by atoms with Gasteiger partial charge in [0.1, 0.15) is 5.69 Å². The molecule has 21 heavy (non-hydrogen) atoms. The summed E-state index contributed by atoms with van der Waals surface area (Å²) >= 11 is 0. The van der Waals surface area contributed by atoms with E-state index in [9.17, 15) is 9.59 Å². The van der Waals surface area contributed by atoms with E-state index in [-0.39, 0.29) is 17.2 Å². The van der Waals surface area contributed by atoms with Crippen LogP contribution in [0.4, 0.5) is 5.95 Å². The van der Waals surface area contributed by atoms with Crippen molar-refractivity contribution in [2.45, 2.75) is 0 Å². The Balaban J connectivity index is 1.64. The average molecular weight is 286 g/mol. The molecule has 2 aromatic heterocycles. The maximum absolute atomic E-state index is 12.2. The van der Waals surface area contributed by atoms with Crippen LogP contribution in [0.5, 0.6) is 0 Å². The average Bonchev–Trinajstić information content (AvgIpc) is 2.56. The number of nitrogens with one attached hydrogen (secondary N) is 1. The normalized spacial score (nSPS) is 15.0. The van der Waals surface area contributed by atoms with E-state index < -0.39 is 0 Å². The van der Waals surface area contributed by atoms with Crippen LogP contribution in [-0.4, -0.2) is 56.9 Å². The second-order valence-corrected chi connectivity index (χ2v) is 4.62. The molecule has 0 saturated carbocycles. The lowest BCUT2D eigenvalue weighted by molar-refractivity contribution is 0.0739. The fourth-order valence-corrected chi connectivity index (χ4v) is 2.19. The largest absolute Gasteiger partial charge is 0.337 e. The molecule has 1 aliphatic rings. The summed E-state index contributed by atoms with van der Waals surface area (Å²) in [7, 11) is 0. The van der Waals surface area contributed by atoms with Crippen molar-refractivity contribution < 1.29 is 4.79 Å². The zero-order chi connectivity index (χ0) is 14.7. The quantitative estimate of drug-likeness (QED) is 0.801. The zero-order valence-electron chi connectivity index (χ0n) is 11.3. The van der Waals surface area contributed by atoms with Crippen LogP contribution >= 0.6 is 0 Å². The van der Waals surface area contributed by atoms with Crippen molar-refractivity contribution in [2.24, 2.45) is 0 Å².